The molecule has 1 fully saturated rings. The lowest BCUT2D eigenvalue weighted by Crippen LogP contribution is -2.32. The Morgan fingerprint density at radius 3 is 3.05 bits per heavy atom. The molecule has 0 bridgehead atoms. The maximum Gasteiger partial charge on any atom is 0.224 e. The normalized spacial score (nSPS) is 19.0. The van der Waals surface area contributed by atoms with Gasteiger partial charge in [0.1, 0.15) is 0 Å². The molecule has 1 atom stereocenters. The fraction of sp³-hybridized carbons (Fsp3) is 0.733. The number of hydrogen-bond donors (Lipinski definition) is 0. The van der Waals surface area contributed by atoms with Crippen molar-refractivity contribution in [1.29, 1.82) is 0 Å². The van der Waals surface area contributed by atoms with Crippen LogP contribution in [0.5, 0.6) is 0 Å². The lowest BCUT2D eigenvalue weighted by atomic mass is 10.1. The molecule has 1 aliphatic rings. The summed E-state index contributed by atoms with van der Waals surface area (Å²) in [7, 11) is 1.87. The first-order valence-corrected chi connectivity index (χ1v) is 7.51. The van der Waals surface area contributed by atoms with Gasteiger partial charge in [0, 0.05) is 39.4 Å². The van der Waals surface area contributed by atoms with E-state index in [0.29, 0.717) is 19.1 Å². The summed E-state index contributed by atoms with van der Waals surface area (Å²) in [4.78, 5) is 13.9. The Hall–Kier alpha value is -1.36. The first-order valence-electron chi connectivity index (χ1n) is 7.51. The largest absolute Gasteiger partial charge is 0.378 e. The van der Waals surface area contributed by atoms with Crippen LogP contribution in [0.2, 0.25) is 0 Å². The molecule has 0 radical (unpaired) electrons. The van der Waals surface area contributed by atoms with Crippen molar-refractivity contribution in [1.82, 2.24) is 14.7 Å². The number of nitrogens with zero attached hydrogens (tertiary/aromatic N) is 3. The van der Waals surface area contributed by atoms with Gasteiger partial charge in [-0.1, -0.05) is 0 Å². The van der Waals surface area contributed by atoms with Crippen LogP contribution in [0.1, 0.15) is 37.8 Å². The molecule has 1 saturated heterocycles. The Morgan fingerprint density at radius 2 is 2.40 bits per heavy atom. The number of aromatic nitrogens is 2. The molecule has 0 aliphatic carbocycles. The summed E-state index contributed by atoms with van der Waals surface area (Å²) in [6, 6.07) is 1.95. The Morgan fingerprint density at radius 1 is 1.55 bits per heavy atom. The molecule has 0 N–H and O–H groups in total. The van der Waals surface area contributed by atoms with E-state index < -0.39 is 0 Å². The third-order valence-corrected chi connectivity index (χ3v) is 3.81. The zero-order valence-electron chi connectivity index (χ0n) is 12.5. The Kier molecular flexibility index (Phi) is 5.59. The van der Waals surface area contributed by atoms with Gasteiger partial charge < -0.3 is 9.64 Å². The van der Waals surface area contributed by atoms with E-state index in [0.717, 1.165) is 31.7 Å². The Bertz CT molecular complexity index is 425. The predicted molar refractivity (Wildman–Crippen MR) is 77.4 cm³/mol. The quantitative estimate of drug-likeness (QED) is 0.800. The molecule has 1 aromatic rings. The van der Waals surface area contributed by atoms with Gasteiger partial charge in [0.15, 0.2) is 0 Å². The van der Waals surface area contributed by atoms with Crippen molar-refractivity contribution in [3.63, 3.8) is 0 Å². The van der Waals surface area contributed by atoms with Gasteiger partial charge in [0.2, 0.25) is 5.91 Å². The van der Waals surface area contributed by atoms with Gasteiger partial charge in [0.25, 0.3) is 0 Å². The molecule has 0 saturated carbocycles. The number of aryl methyl sites for hydroxylation is 2. The highest BCUT2D eigenvalue weighted by Gasteiger charge is 2.16. The zero-order valence-corrected chi connectivity index (χ0v) is 12.5. The van der Waals surface area contributed by atoms with E-state index in [1.54, 1.807) is 0 Å². The minimum atomic E-state index is 0.175. The van der Waals surface area contributed by atoms with Crippen molar-refractivity contribution < 1.29 is 9.53 Å². The van der Waals surface area contributed by atoms with Gasteiger partial charge in [-0.2, -0.15) is 5.10 Å². The third-order valence-electron chi connectivity index (χ3n) is 3.81. The van der Waals surface area contributed by atoms with Crippen LogP contribution in [0, 0.1) is 6.92 Å². The molecule has 1 amide bonds. The molecule has 2 heterocycles. The molecule has 5 nitrogen and oxygen atoms in total. The average Bonchev–Trinajstić information content (AvgIpc) is 2.89. The number of carbonyl (C=O) groups is 1. The van der Waals surface area contributed by atoms with Crippen molar-refractivity contribution in [2.45, 2.75) is 51.7 Å². The van der Waals surface area contributed by atoms with Crippen LogP contribution in [0.4, 0.5) is 0 Å². The second-order valence-corrected chi connectivity index (χ2v) is 5.56. The summed E-state index contributed by atoms with van der Waals surface area (Å²) in [5, 5.41) is 4.29. The second kappa shape index (κ2) is 7.43. The second-order valence-electron chi connectivity index (χ2n) is 5.56. The minimum Gasteiger partial charge on any atom is -0.378 e. The van der Waals surface area contributed by atoms with Gasteiger partial charge in [-0.25, -0.2) is 0 Å². The van der Waals surface area contributed by atoms with Crippen LogP contribution in [-0.4, -0.2) is 46.9 Å². The molecule has 5 heteroatoms. The molecule has 20 heavy (non-hydrogen) atoms. The predicted octanol–water partition coefficient (Wildman–Crippen LogP) is 2.00. The Labute approximate surface area is 120 Å². The van der Waals surface area contributed by atoms with E-state index >= 15 is 0 Å². The van der Waals surface area contributed by atoms with Gasteiger partial charge in [-0.05, 0) is 38.7 Å². The van der Waals surface area contributed by atoms with E-state index in [1.165, 1.54) is 12.8 Å². The molecular weight excluding hydrogens is 254 g/mol. The van der Waals surface area contributed by atoms with Crippen LogP contribution < -0.4 is 0 Å². The molecular formula is C15H25N3O2. The van der Waals surface area contributed by atoms with Crippen molar-refractivity contribution >= 4 is 5.91 Å². The molecule has 112 valence electrons. The lowest BCUT2D eigenvalue weighted by molar-refractivity contribution is -0.130. The minimum absolute atomic E-state index is 0.175. The SMILES string of the molecule is Cc1ccn(CCC(=O)N(C)CCC2CCCCO2)n1. The molecule has 1 unspecified atom stereocenters. The number of rotatable bonds is 6. The summed E-state index contributed by atoms with van der Waals surface area (Å²) in [5.74, 6) is 0.175. The summed E-state index contributed by atoms with van der Waals surface area (Å²) >= 11 is 0. The van der Waals surface area contributed by atoms with Crippen LogP contribution in [-0.2, 0) is 16.1 Å². The average molecular weight is 279 g/mol. The van der Waals surface area contributed by atoms with Crippen molar-refractivity contribution in [3.05, 3.63) is 18.0 Å². The van der Waals surface area contributed by atoms with E-state index in [1.807, 2.05) is 35.8 Å². The number of carbonyl (C=O) groups excluding carboxylic acids is 1. The zero-order chi connectivity index (χ0) is 14.4. The number of hydrogen-bond acceptors (Lipinski definition) is 3. The maximum absolute atomic E-state index is 12.0. The lowest BCUT2D eigenvalue weighted by Gasteiger charge is -2.25. The first-order chi connectivity index (χ1) is 9.65. The van der Waals surface area contributed by atoms with Crippen LogP contribution in [0.3, 0.4) is 0 Å². The topological polar surface area (TPSA) is 47.4 Å². The monoisotopic (exact) mass is 279 g/mol. The standard InChI is InChI=1S/C15H25N3O2/c1-13-6-10-18(16-13)11-8-15(19)17(2)9-7-14-5-3-4-12-20-14/h6,10,14H,3-5,7-9,11-12H2,1-2H3. The fourth-order valence-electron chi connectivity index (χ4n) is 2.49. The Balaban J connectivity index is 1.66. The highest BCUT2D eigenvalue weighted by atomic mass is 16.5. The molecule has 1 aliphatic heterocycles. The summed E-state index contributed by atoms with van der Waals surface area (Å²) in [6.07, 6.45) is 7.27. The smallest absolute Gasteiger partial charge is 0.224 e. The first kappa shape index (κ1) is 15.0. The van der Waals surface area contributed by atoms with Crippen molar-refractivity contribution in [3.8, 4) is 0 Å². The highest BCUT2D eigenvalue weighted by molar-refractivity contribution is 5.75. The maximum atomic E-state index is 12.0. The van der Waals surface area contributed by atoms with Crippen LogP contribution in [0.15, 0.2) is 12.3 Å². The number of amides is 1. The summed E-state index contributed by atoms with van der Waals surface area (Å²) < 4.78 is 7.51. The van der Waals surface area contributed by atoms with Crippen molar-refractivity contribution in [2.24, 2.45) is 0 Å². The van der Waals surface area contributed by atoms with Gasteiger partial charge in [0.05, 0.1) is 11.8 Å². The molecule has 0 spiro atoms. The van der Waals surface area contributed by atoms with Gasteiger partial charge >= 0.3 is 0 Å². The fourth-order valence-corrected chi connectivity index (χ4v) is 2.49. The van der Waals surface area contributed by atoms with E-state index in [-0.39, 0.29) is 5.91 Å². The van der Waals surface area contributed by atoms with Gasteiger partial charge in [-0.15, -0.1) is 0 Å². The van der Waals surface area contributed by atoms with E-state index in [4.69, 9.17) is 4.74 Å². The van der Waals surface area contributed by atoms with E-state index in [2.05, 4.69) is 5.10 Å². The third kappa shape index (κ3) is 4.63. The molecule has 1 aromatic heterocycles. The van der Waals surface area contributed by atoms with Crippen molar-refractivity contribution in [2.75, 3.05) is 20.2 Å². The van der Waals surface area contributed by atoms with Crippen LogP contribution in [0.25, 0.3) is 0 Å². The van der Waals surface area contributed by atoms with E-state index in [9.17, 15) is 4.79 Å². The molecule has 0 aromatic carbocycles. The highest BCUT2D eigenvalue weighted by Crippen LogP contribution is 2.15. The van der Waals surface area contributed by atoms with Gasteiger partial charge in [-0.3, -0.25) is 9.48 Å². The number of ether oxygens (including phenoxy) is 1. The molecule has 2 rings (SSSR count). The van der Waals surface area contributed by atoms with Crippen LogP contribution >= 0.6 is 0 Å². The summed E-state index contributed by atoms with van der Waals surface area (Å²) in [6.45, 7) is 4.26. The summed E-state index contributed by atoms with van der Waals surface area (Å²) in [5.41, 5.74) is 0.986.